The third kappa shape index (κ3) is 5.06. The highest BCUT2D eigenvalue weighted by Gasteiger charge is 2.21. The van der Waals surface area contributed by atoms with Crippen LogP contribution in [-0.4, -0.2) is 25.5 Å². The maximum absolute atomic E-state index is 12.0. The highest BCUT2D eigenvalue weighted by molar-refractivity contribution is 5.85. The molecule has 0 heterocycles. The minimum Gasteiger partial charge on any atom is -0.497 e. The summed E-state index contributed by atoms with van der Waals surface area (Å²) in [6.07, 6.45) is 5.32. The van der Waals surface area contributed by atoms with E-state index >= 15 is 0 Å². The van der Waals surface area contributed by atoms with Gasteiger partial charge in [-0.2, -0.15) is 0 Å². The number of carbonyl (C=O) groups excluding carboxylic acids is 2. The molecule has 1 aliphatic carbocycles. The topological polar surface area (TPSA) is 67.4 Å². The molecule has 1 saturated carbocycles. The zero-order valence-corrected chi connectivity index (χ0v) is 13.1. The summed E-state index contributed by atoms with van der Waals surface area (Å²) in [6, 6.07) is 7.53. The quantitative estimate of drug-likeness (QED) is 0.845. The van der Waals surface area contributed by atoms with E-state index in [9.17, 15) is 9.59 Å². The van der Waals surface area contributed by atoms with E-state index in [1.165, 1.54) is 6.42 Å². The van der Waals surface area contributed by atoms with Gasteiger partial charge in [0.1, 0.15) is 5.75 Å². The molecular weight excluding hydrogens is 280 g/mol. The number of amides is 2. The van der Waals surface area contributed by atoms with Crippen LogP contribution >= 0.6 is 0 Å². The molecule has 5 nitrogen and oxygen atoms in total. The number of benzene rings is 1. The summed E-state index contributed by atoms with van der Waals surface area (Å²) < 4.78 is 5.14. The third-order valence-electron chi connectivity index (χ3n) is 4.02. The Morgan fingerprint density at radius 1 is 1.18 bits per heavy atom. The van der Waals surface area contributed by atoms with Crippen molar-refractivity contribution in [1.82, 2.24) is 10.6 Å². The van der Waals surface area contributed by atoms with E-state index in [2.05, 4.69) is 10.6 Å². The van der Waals surface area contributed by atoms with Crippen molar-refractivity contribution in [1.29, 1.82) is 0 Å². The van der Waals surface area contributed by atoms with Gasteiger partial charge in [-0.1, -0.05) is 31.4 Å². The average Bonchev–Trinajstić information content (AvgIpc) is 2.58. The largest absolute Gasteiger partial charge is 0.497 e. The van der Waals surface area contributed by atoms with Crippen molar-refractivity contribution in [3.05, 3.63) is 29.8 Å². The Labute approximate surface area is 131 Å². The molecule has 0 spiro atoms. The molecule has 1 fully saturated rings. The molecule has 0 bridgehead atoms. The Bertz CT molecular complexity index is 510. The number of hydrogen-bond donors (Lipinski definition) is 2. The summed E-state index contributed by atoms with van der Waals surface area (Å²) in [5.41, 5.74) is 0.964. The van der Waals surface area contributed by atoms with E-state index in [4.69, 9.17) is 4.74 Å². The molecular formula is C17H24N2O3. The highest BCUT2D eigenvalue weighted by Crippen LogP contribution is 2.23. The molecule has 0 saturated heterocycles. The van der Waals surface area contributed by atoms with Crippen molar-refractivity contribution >= 4 is 11.8 Å². The normalized spacial score (nSPS) is 15.1. The molecule has 120 valence electrons. The van der Waals surface area contributed by atoms with Crippen LogP contribution in [-0.2, 0) is 16.1 Å². The molecule has 2 rings (SSSR count). The van der Waals surface area contributed by atoms with Crippen LogP contribution in [0.15, 0.2) is 24.3 Å². The van der Waals surface area contributed by atoms with Gasteiger partial charge in [-0.25, -0.2) is 0 Å². The summed E-state index contributed by atoms with van der Waals surface area (Å²) in [5.74, 6) is 0.681. The summed E-state index contributed by atoms with van der Waals surface area (Å²) in [5, 5.41) is 5.53. The van der Waals surface area contributed by atoms with Gasteiger partial charge >= 0.3 is 0 Å². The fraction of sp³-hybridized carbons (Fsp3) is 0.529. The van der Waals surface area contributed by atoms with Crippen molar-refractivity contribution in [3.8, 4) is 5.75 Å². The van der Waals surface area contributed by atoms with Gasteiger partial charge in [-0.05, 0) is 30.5 Å². The van der Waals surface area contributed by atoms with E-state index in [1.807, 2.05) is 24.3 Å². The lowest BCUT2D eigenvalue weighted by Gasteiger charge is -2.20. The highest BCUT2D eigenvalue weighted by atomic mass is 16.5. The van der Waals surface area contributed by atoms with E-state index < -0.39 is 0 Å². The van der Waals surface area contributed by atoms with E-state index in [1.54, 1.807) is 7.11 Å². The number of hydrogen-bond acceptors (Lipinski definition) is 3. The Kier molecular flexibility index (Phi) is 6.25. The second-order valence-corrected chi connectivity index (χ2v) is 5.68. The molecule has 1 aromatic carbocycles. The monoisotopic (exact) mass is 304 g/mol. The minimum atomic E-state index is -0.174. The molecule has 5 heteroatoms. The van der Waals surface area contributed by atoms with E-state index in [0.29, 0.717) is 6.54 Å². The lowest BCUT2D eigenvalue weighted by Crippen LogP contribution is -2.39. The number of carbonyl (C=O) groups is 2. The van der Waals surface area contributed by atoms with Crippen LogP contribution < -0.4 is 15.4 Å². The van der Waals surface area contributed by atoms with Crippen molar-refractivity contribution in [2.45, 2.75) is 38.6 Å². The first-order valence-electron chi connectivity index (χ1n) is 7.86. The van der Waals surface area contributed by atoms with Crippen LogP contribution in [0.2, 0.25) is 0 Å². The first-order chi connectivity index (χ1) is 10.7. The van der Waals surface area contributed by atoms with Gasteiger partial charge in [0, 0.05) is 12.5 Å². The van der Waals surface area contributed by atoms with Crippen LogP contribution in [0, 0.1) is 5.92 Å². The van der Waals surface area contributed by atoms with E-state index in [0.717, 1.165) is 37.0 Å². The van der Waals surface area contributed by atoms with Gasteiger partial charge in [0.25, 0.3) is 0 Å². The second kappa shape index (κ2) is 8.41. The molecule has 22 heavy (non-hydrogen) atoms. The third-order valence-corrected chi connectivity index (χ3v) is 4.02. The minimum absolute atomic E-state index is 0.0104. The number of nitrogens with one attached hydrogen (secondary N) is 2. The molecule has 1 aromatic rings. The maximum atomic E-state index is 12.0. The van der Waals surface area contributed by atoms with Gasteiger partial charge < -0.3 is 15.4 Å². The lowest BCUT2D eigenvalue weighted by atomic mass is 9.89. The van der Waals surface area contributed by atoms with E-state index in [-0.39, 0.29) is 24.3 Å². The lowest BCUT2D eigenvalue weighted by molar-refractivity contribution is -0.129. The van der Waals surface area contributed by atoms with Gasteiger partial charge in [-0.3, -0.25) is 9.59 Å². The van der Waals surface area contributed by atoms with Crippen molar-refractivity contribution in [2.75, 3.05) is 13.7 Å². The Morgan fingerprint density at radius 2 is 1.95 bits per heavy atom. The molecule has 2 amide bonds. The SMILES string of the molecule is COc1cccc(CNC(=O)CNC(=O)C2CCCCC2)c1. The Balaban J connectivity index is 1.70. The van der Waals surface area contributed by atoms with Crippen LogP contribution in [0.25, 0.3) is 0 Å². The second-order valence-electron chi connectivity index (χ2n) is 5.68. The van der Waals surface area contributed by atoms with Crippen LogP contribution in [0.5, 0.6) is 5.75 Å². The number of methoxy groups -OCH3 is 1. The van der Waals surface area contributed by atoms with Crippen molar-refractivity contribution < 1.29 is 14.3 Å². The number of rotatable bonds is 6. The van der Waals surface area contributed by atoms with Crippen LogP contribution in [0.3, 0.4) is 0 Å². The van der Waals surface area contributed by atoms with Crippen LogP contribution in [0.1, 0.15) is 37.7 Å². The van der Waals surface area contributed by atoms with Gasteiger partial charge in [0.2, 0.25) is 11.8 Å². The van der Waals surface area contributed by atoms with Gasteiger partial charge in [-0.15, -0.1) is 0 Å². The number of ether oxygens (including phenoxy) is 1. The predicted molar refractivity (Wildman–Crippen MR) is 84.4 cm³/mol. The molecule has 0 atom stereocenters. The summed E-state index contributed by atoms with van der Waals surface area (Å²) >= 11 is 0. The molecule has 0 aromatic heterocycles. The fourth-order valence-electron chi connectivity index (χ4n) is 2.72. The Hall–Kier alpha value is -2.04. The fourth-order valence-corrected chi connectivity index (χ4v) is 2.72. The molecule has 2 N–H and O–H groups in total. The van der Waals surface area contributed by atoms with Crippen LogP contribution in [0.4, 0.5) is 0 Å². The standard InChI is InChI=1S/C17H24N2O3/c1-22-15-9-5-6-13(10-15)11-18-16(20)12-19-17(21)14-7-3-2-4-8-14/h5-6,9-10,14H,2-4,7-8,11-12H2,1H3,(H,18,20)(H,19,21). The van der Waals surface area contributed by atoms with Crippen molar-refractivity contribution in [3.63, 3.8) is 0 Å². The first-order valence-corrected chi connectivity index (χ1v) is 7.86. The first kappa shape index (κ1) is 16.3. The summed E-state index contributed by atoms with van der Waals surface area (Å²) in [6.45, 7) is 0.467. The molecule has 0 unspecified atom stereocenters. The van der Waals surface area contributed by atoms with Gasteiger partial charge in [0.05, 0.1) is 13.7 Å². The zero-order chi connectivity index (χ0) is 15.8. The molecule has 1 aliphatic rings. The molecule has 0 radical (unpaired) electrons. The average molecular weight is 304 g/mol. The summed E-state index contributed by atoms with van der Waals surface area (Å²) in [7, 11) is 1.61. The smallest absolute Gasteiger partial charge is 0.239 e. The molecule has 0 aliphatic heterocycles. The van der Waals surface area contributed by atoms with Crippen molar-refractivity contribution in [2.24, 2.45) is 5.92 Å². The maximum Gasteiger partial charge on any atom is 0.239 e. The van der Waals surface area contributed by atoms with Gasteiger partial charge in [0.15, 0.2) is 0 Å². The zero-order valence-electron chi connectivity index (χ0n) is 13.1. The Morgan fingerprint density at radius 3 is 2.68 bits per heavy atom. The predicted octanol–water partition coefficient (Wildman–Crippen LogP) is 2.01. The summed E-state index contributed by atoms with van der Waals surface area (Å²) in [4.78, 5) is 23.8.